The summed E-state index contributed by atoms with van der Waals surface area (Å²) < 4.78 is 5.56. The third kappa shape index (κ3) is 4.28. The predicted octanol–water partition coefficient (Wildman–Crippen LogP) is 4.11. The largest absolute Gasteiger partial charge is 0.378 e. The zero-order valence-corrected chi connectivity index (χ0v) is 13.2. The minimum absolute atomic E-state index is 0.151. The zero-order chi connectivity index (χ0) is 14.5. The van der Waals surface area contributed by atoms with Crippen molar-refractivity contribution in [1.82, 2.24) is 0 Å². The van der Waals surface area contributed by atoms with E-state index in [1.54, 1.807) is 12.1 Å². The summed E-state index contributed by atoms with van der Waals surface area (Å²) in [5.41, 5.74) is 1.29. The standard InChI is InChI=1S/C15H20BrNO3/c1-2-20-15-9-12(10-15)8-13(16)7-11-3-5-14(6-4-11)17(18)19/h3-6,12-13,15H,2,7-10H2,1H3. The second-order valence-electron chi connectivity index (χ2n) is 5.38. The number of alkyl halides is 1. The van der Waals surface area contributed by atoms with Crippen molar-refractivity contribution in [1.29, 1.82) is 0 Å². The fraction of sp³-hybridized carbons (Fsp3) is 0.600. The molecule has 1 atom stereocenters. The number of nitro groups is 1. The van der Waals surface area contributed by atoms with Crippen LogP contribution in [0.1, 0.15) is 31.7 Å². The topological polar surface area (TPSA) is 52.4 Å². The van der Waals surface area contributed by atoms with Crippen LogP contribution in [0.3, 0.4) is 0 Å². The lowest BCUT2D eigenvalue weighted by atomic mass is 9.79. The first kappa shape index (κ1) is 15.4. The van der Waals surface area contributed by atoms with E-state index in [-0.39, 0.29) is 10.6 Å². The Kier molecular flexibility index (Phi) is 5.54. The lowest BCUT2D eigenvalue weighted by Crippen LogP contribution is -2.33. The summed E-state index contributed by atoms with van der Waals surface area (Å²) in [6.07, 6.45) is 4.84. The van der Waals surface area contributed by atoms with Crippen LogP contribution >= 0.6 is 15.9 Å². The Morgan fingerprint density at radius 3 is 2.60 bits per heavy atom. The Balaban J connectivity index is 1.74. The van der Waals surface area contributed by atoms with Gasteiger partial charge in [-0.1, -0.05) is 28.1 Å². The van der Waals surface area contributed by atoms with Crippen LogP contribution in [0, 0.1) is 16.0 Å². The van der Waals surface area contributed by atoms with Crippen molar-refractivity contribution in [3.05, 3.63) is 39.9 Å². The smallest absolute Gasteiger partial charge is 0.269 e. The highest BCUT2D eigenvalue weighted by atomic mass is 79.9. The van der Waals surface area contributed by atoms with Gasteiger partial charge < -0.3 is 4.74 Å². The van der Waals surface area contributed by atoms with E-state index in [1.807, 2.05) is 19.1 Å². The summed E-state index contributed by atoms with van der Waals surface area (Å²) in [7, 11) is 0. The Morgan fingerprint density at radius 1 is 1.40 bits per heavy atom. The van der Waals surface area contributed by atoms with Crippen LogP contribution in [0.15, 0.2) is 24.3 Å². The summed E-state index contributed by atoms with van der Waals surface area (Å²) >= 11 is 3.72. The summed E-state index contributed by atoms with van der Waals surface area (Å²) in [4.78, 5) is 10.7. The van der Waals surface area contributed by atoms with Crippen LogP contribution in [-0.4, -0.2) is 22.5 Å². The van der Waals surface area contributed by atoms with E-state index in [0.29, 0.717) is 10.9 Å². The van der Waals surface area contributed by atoms with Gasteiger partial charge in [0.1, 0.15) is 0 Å². The highest BCUT2D eigenvalue weighted by Gasteiger charge is 2.30. The fourth-order valence-corrected chi connectivity index (χ4v) is 3.60. The lowest BCUT2D eigenvalue weighted by Gasteiger charge is -2.36. The molecule has 5 heteroatoms. The Hall–Kier alpha value is -0.940. The number of nitrogens with zero attached hydrogens (tertiary/aromatic N) is 1. The van der Waals surface area contributed by atoms with Crippen molar-refractivity contribution in [3.63, 3.8) is 0 Å². The van der Waals surface area contributed by atoms with E-state index in [1.165, 1.54) is 0 Å². The number of benzene rings is 1. The maximum Gasteiger partial charge on any atom is 0.269 e. The molecule has 0 aliphatic heterocycles. The third-order valence-corrected chi connectivity index (χ3v) is 4.49. The molecule has 4 nitrogen and oxygen atoms in total. The van der Waals surface area contributed by atoms with E-state index in [0.717, 1.165) is 43.8 Å². The Morgan fingerprint density at radius 2 is 2.05 bits per heavy atom. The van der Waals surface area contributed by atoms with Crippen LogP contribution in [0.25, 0.3) is 0 Å². The number of hydrogen-bond donors (Lipinski definition) is 0. The maximum atomic E-state index is 10.6. The van der Waals surface area contributed by atoms with Crippen LogP contribution in [-0.2, 0) is 11.2 Å². The van der Waals surface area contributed by atoms with Crippen molar-refractivity contribution in [2.24, 2.45) is 5.92 Å². The van der Waals surface area contributed by atoms with Gasteiger partial charge in [0.2, 0.25) is 0 Å². The van der Waals surface area contributed by atoms with Crippen molar-refractivity contribution in [3.8, 4) is 0 Å². The fourth-order valence-electron chi connectivity index (χ4n) is 2.69. The average Bonchev–Trinajstić information content (AvgIpc) is 2.37. The van der Waals surface area contributed by atoms with Gasteiger partial charge in [-0.25, -0.2) is 0 Å². The molecule has 0 saturated heterocycles. The number of nitro benzene ring substituents is 1. The normalized spacial score (nSPS) is 23.1. The number of ether oxygens (including phenoxy) is 1. The number of non-ortho nitro benzene ring substituents is 1. The van der Waals surface area contributed by atoms with Crippen molar-refractivity contribution < 1.29 is 9.66 Å². The lowest BCUT2D eigenvalue weighted by molar-refractivity contribution is -0.384. The first-order valence-corrected chi connectivity index (χ1v) is 7.99. The minimum Gasteiger partial charge on any atom is -0.378 e. The zero-order valence-electron chi connectivity index (χ0n) is 11.6. The van der Waals surface area contributed by atoms with Crippen molar-refractivity contribution in [2.75, 3.05) is 6.61 Å². The van der Waals surface area contributed by atoms with E-state index >= 15 is 0 Å². The number of rotatable bonds is 7. The molecule has 1 aromatic rings. The Bertz CT molecular complexity index is 443. The molecule has 1 fully saturated rings. The van der Waals surface area contributed by atoms with Crippen LogP contribution in [0.2, 0.25) is 0 Å². The van der Waals surface area contributed by atoms with Crippen molar-refractivity contribution in [2.45, 2.75) is 43.5 Å². The van der Waals surface area contributed by atoms with Gasteiger partial charge in [0.05, 0.1) is 11.0 Å². The molecule has 0 spiro atoms. The van der Waals surface area contributed by atoms with Crippen molar-refractivity contribution >= 4 is 21.6 Å². The van der Waals surface area contributed by atoms with E-state index < -0.39 is 0 Å². The van der Waals surface area contributed by atoms with Gasteiger partial charge in [0, 0.05) is 23.6 Å². The highest BCUT2D eigenvalue weighted by molar-refractivity contribution is 9.09. The molecule has 0 N–H and O–H groups in total. The molecule has 110 valence electrons. The van der Waals surface area contributed by atoms with E-state index in [4.69, 9.17) is 4.74 Å². The molecular formula is C15H20BrNO3. The summed E-state index contributed by atoms with van der Waals surface area (Å²) in [6.45, 7) is 2.84. The summed E-state index contributed by atoms with van der Waals surface area (Å²) in [5, 5.41) is 10.6. The maximum absolute atomic E-state index is 10.6. The molecule has 0 amide bonds. The van der Waals surface area contributed by atoms with Gasteiger partial charge in [0.25, 0.3) is 5.69 Å². The quantitative estimate of drug-likeness (QED) is 0.426. The molecule has 0 aromatic heterocycles. The van der Waals surface area contributed by atoms with Gasteiger partial charge in [-0.15, -0.1) is 0 Å². The molecule has 0 bridgehead atoms. The monoisotopic (exact) mass is 341 g/mol. The molecule has 2 rings (SSSR count). The van der Waals surface area contributed by atoms with E-state index in [2.05, 4.69) is 15.9 Å². The van der Waals surface area contributed by atoms with Gasteiger partial charge in [-0.05, 0) is 44.1 Å². The number of hydrogen-bond acceptors (Lipinski definition) is 3. The summed E-state index contributed by atoms with van der Waals surface area (Å²) in [6, 6.07) is 6.83. The predicted molar refractivity (Wildman–Crippen MR) is 82.3 cm³/mol. The Labute approximate surface area is 127 Å². The second-order valence-corrected chi connectivity index (χ2v) is 6.67. The minimum atomic E-state index is -0.363. The van der Waals surface area contributed by atoms with E-state index in [9.17, 15) is 10.1 Å². The molecule has 20 heavy (non-hydrogen) atoms. The molecule has 1 aliphatic rings. The molecule has 1 aliphatic carbocycles. The summed E-state index contributed by atoms with van der Waals surface area (Å²) in [5.74, 6) is 0.744. The second kappa shape index (κ2) is 7.18. The molecule has 0 heterocycles. The number of halogens is 1. The van der Waals surface area contributed by atoms with Gasteiger partial charge in [0.15, 0.2) is 0 Å². The highest BCUT2D eigenvalue weighted by Crippen LogP contribution is 2.35. The molecule has 1 saturated carbocycles. The first-order valence-electron chi connectivity index (χ1n) is 7.07. The van der Waals surface area contributed by atoms with Crippen LogP contribution in [0.5, 0.6) is 0 Å². The SMILES string of the molecule is CCOC1CC(CC(Br)Cc2ccc([N+](=O)[O-])cc2)C1. The molecule has 0 radical (unpaired) electrons. The van der Waals surface area contributed by atoms with Gasteiger partial charge in [-0.3, -0.25) is 10.1 Å². The van der Waals surface area contributed by atoms with Gasteiger partial charge >= 0.3 is 0 Å². The molecular weight excluding hydrogens is 322 g/mol. The van der Waals surface area contributed by atoms with Crippen LogP contribution < -0.4 is 0 Å². The molecule has 1 unspecified atom stereocenters. The molecule has 1 aromatic carbocycles. The third-order valence-electron chi connectivity index (χ3n) is 3.79. The first-order chi connectivity index (χ1) is 9.58. The average molecular weight is 342 g/mol. The van der Waals surface area contributed by atoms with Crippen LogP contribution in [0.4, 0.5) is 5.69 Å². The van der Waals surface area contributed by atoms with Gasteiger partial charge in [-0.2, -0.15) is 0 Å².